The first-order valence-corrected chi connectivity index (χ1v) is 5.52. The smallest absolute Gasteiger partial charge is 0.123 e. The van der Waals surface area contributed by atoms with Crippen molar-refractivity contribution >= 4 is 11.3 Å². The predicted molar refractivity (Wildman–Crippen MR) is 60.3 cm³/mol. The number of halogens is 1. The van der Waals surface area contributed by atoms with E-state index in [1.165, 1.54) is 12.1 Å². The Bertz CT molecular complexity index is 436. The van der Waals surface area contributed by atoms with Gasteiger partial charge in [0.2, 0.25) is 0 Å². The van der Waals surface area contributed by atoms with Crippen LogP contribution in [0, 0.1) is 5.82 Å². The van der Waals surface area contributed by atoms with Gasteiger partial charge in [0.1, 0.15) is 10.8 Å². The second kappa shape index (κ2) is 4.51. The van der Waals surface area contributed by atoms with Gasteiger partial charge in [-0.25, -0.2) is 9.37 Å². The van der Waals surface area contributed by atoms with Crippen LogP contribution in [0.1, 0.15) is 5.69 Å². The van der Waals surface area contributed by atoms with Gasteiger partial charge in [-0.05, 0) is 31.3 Å². The van der Waals surface area contributed by atoms with Gasteiger partial charge in [0.25, 0.3) is 0 Å². The van der Waals surface area contributed by atoms with Crippen LogP contribution >= 0.6 is 11.3 Å². The number of benzene rings is 1. The maximum Gasteiger partial charge on any atom is 0.123 e. The summed E-state index contributed by atoms with van der Waals surface area (Å²) >= 11 is 1.57. The second-order valence-electron chi connectivity index (χ2n) is 3.18. The molecule has 0 bridgehead atoms. The lowest BCUT2D eigenvalue weighted by Gasteiger charge is -1.95. The summed E-state index contributed by atoms with van der Waals surface area (Å²) in [5.74, 6) is -0.217. The summed E-state index contributed by atoms with van der Waals surface area (Å²) in [6.45, 7) is 0.762. The van der Waals surface area contributed by atoms with Crippen LogP contribution in [0.25, 0.3) is 10.6 Å². The zero-order chi connectivity index (χ0) is 10.7. The molecule has 1 heterocycles. The van der Waals surface area contributed by atoms with Gasteiger partial charge < -0.3 is 5.32 Å². The Hall–Kier alpha value is -1.26. The van der Waals surface area contributed by atoms with E-state index in [0.717, 1.165) is 22.8 Å². The molecule has 0 atom stereocenters. The van der Waals surface area contributed by atoms with Gasteiger partial charge in [0.05, 0.1) is 5.69 Å². The van der Waals surface area contributed by atoms with Crippen LogP contribution in [-0.4, -0.2) is 12.0 Å². The summed E-state index contributed by atoms with van der Waals surface area (Å²) in [7, 11) is 1.89. The minimum absolute atomic E-state index is 0.217. The number of nitrogens with one attached hydrogen (secondary N) is 1. The van der Waals surface area contributed by atoms with Crippen LogP contribution in [0.3, 0.4) is 0 Å². The SMILES string of the molecule is CNCc1csc(-c2ccc(F)cc2)n1. The lowest BCUT2D eigenvalue weighted by molar-refractivity contribution is 0.628. The topological polar surface area (TPSA) is 24.9 Å². The quantitative estimate of drug-likeness (QED) is 0.863. The van der Waals surface area contributed by atoms with E-state index in [1.54, 1.807) is 23.5 Å². The van der Waals surface area contributed by atoms with E-state index in [2.05, 4.69) is 10.3 Å². The zero-order valence-corrected chi connectivity index (χ0v) is 9.14. The van der Waals surface area contributed by atoms with Crippen molar-refractivity contribution in [1.82, 2.24) is 10.3 Å². The molecule has 1 aromatic carbocycles. The van der Waals surface area contributed by atoms with Crippen molar-refractivity contribution in [3.05, 3.63) is 41.2 Å². The number of thiazole rings is 1. The van der Waals surface area contributed by atoms with Crippen molar-refractivity contribution in [2.45, 2.75) is 6.54 Å². The molecule has 1 aromatic heterocycles. The Balaban J connectivity index is 2.25. The highest BCUT2D eigenvalue weighted by Crippen LogP contribution is 2.23. The molecule has 0 radical (unpaired) electrons. The van der Waals surface area contributed by atoms with Gasteiger partial charge in [0.15, 0.2) is 0 Å². The van der Waals surface area contributed by atoms with Gasteiger partial charge in [0, 0.05) is 17.5 Å². The van der Waals surface area contributed by atoms with Crippen molar-refractivity contribution in [2.75, 3.05) is 7.05 Å². The van der Waals surface area contributed by atoms with Crippen molar-refractivity contribution < 1.29 is 4.39 Å². The molecule has 0 unspecified atom stereocenters. The molecule has 0 aliphatic rings. The molecule has 0 aliphatic heterocycles. The predicted octanol–water partition coefficient (Wildman–Crippen LogP) is 2.67. The van der Waals surface area contributed by atoms with Crippen LogP contribution in [0.4, 0.5) is 4.39 Å². The molecular formula is C11H11FN2S. The molecule has 0 saturated carbocycles. The van der Waals surface area contributed by atoms with E-state index < -0.39 is 0 Å². The Morgan fingerprint density at radius 2 is 2.07 bits per heavy atom. The van der Waals surface area contributed by atoms with Crippen molar-refractivity contribution in [3.63, 3.8) is 0 Å². The van der Waals surface area contributed by atoms with E-state index in [0.29, 0.717) is 0 Å². The maximum absolute atomic E-state index is 12.7. The average Bonchev–Trinajstić information content (AvgIpc) is 2.68. The molecule has 2 rings (SSSR count). The lowest BCUT2D eigenvalue weighted by atomic mass is 10.2. The van der Waals surface area contributed by atoms with E-state index in [1.807, 2.05) is 12.4 Å². The molecule has 0 saturated heterocycles. The Labute approximate surface area is 91.8 Å². The molecule has 0 aliphatic carbocycles. The van der Waals surface area contributed by atoms with Gasteiger partial charge in [-0.15, -0.1) is 11.3 Å². The summed E-state index contributed by atoms with van der Waals surface area (Å²) in [5, 5.41) is 5.98. The highest BCUT2D eigenvalue weighted by atomic mass is 32.1. The molecule has 2 aromatic rings. The molecule has 78 valence electrons. The van der Waals surface area contributed by atoms with Gasteiger partial charge in [-0.3, -0.25) is 0 Å². The largest absolute Gasteiger partial charge is 0.314 e. The first-order chi connectivity index (χ1) is 7.29. The summed E-state index contributed by atoms with van der Waals surface area (Å²) in [5.41, 5.74) is 1.98. The van der Waals surface area contributed by atoms with Crippen LogP contribution in [0.2, 0.25) is 0 Å². The van der Waals surface area contributed by atoms with E-state index >= 15 is 0 Å². The third kappa shape index (κ3) is 2.40. The van der Waals surface area contributed by atoms with E-state index in [-0.39, 0.29) is 5.82 Å². The number of hydrogen-bond donors (Lipinski definition) is 1. The second-order valence-corrected chi connectivity index (χ2v) is 4.04. The summed E-state index contributed by atoms with van der Waals surface area (Å²) in [4.78, 5) is 4.43. The molecule has 4 heteroatoms. The fraction of sp³-hybridized carbons (Fsp3) is 0.182. The van der Waals surface area contributed by atoms with Crippen LogP contribution < -0.4 is 5.32 Å². The maximum atomic E-state index is 12.7. The first kappa shape index (κ1) is 10.3. The third-order valence-electron chi connectivity index (χ3n) is 2.00. The summed E-state index contributed by atoms with van der Waals surface area (Å²) in [6.07, 6.45) is 0. The standard InChI is InChI=1S/C11H11FN2S/c1-13-6-10-7-15-11(14-10)8-2-4-9(12)5-3-8/h2-5,7,13H,6H2,1H3. The number of nitrogens with zero attached hydrogens (tertiary/aromatic N) is 1. The average molecular weight is 222 g/mol. The highest BCUT2D eigenvalue weighted by molar-refractivity contribution is 7.13. The number of aromatic nitrogens is 1. The molecule has 0 fully saturated rings. The Morgan fingerprint density at radius 3 is 2.73 bits per heavy atom. The fourth-order valence-corrected chi connectivity index (χ4v) is 2.12. The lowest BCUT2D eigenvalue weighted by Crippen LogP contribution is -2.04. The minimum Gasteiger partial charge on any atom is -0.314 e. The van der Waals surface area contributed by atoms with E-state index in [4.69, 9.17) is 0 Å². The molecule has 0 spiro atoms. The van der Waals surface area contributed by atoms with Crippen LogP contribution in [0.5, 0.6) is 0 Å². The van der Waals surface area contributed by atoms with Gasteiger partial charge >= 0.3 is 0 Å². The molecular weight excluding hydrogens is 211 g/mol. The molecule has 15 heavy (non-hydrogen) atoms. The number of rotatable bonds is 3. The Kier molecular flexibility index (Phi) is 3.08. The molecule has 2 nitrogen and oxygen atoms in total. The fourth-order valence-electron chi connectivity index (χ4n) is 1.29. The monoisotopic (exact) mass is 222 g/mol. The van der Waals surface area contributed by atoms with Crippen LogP contribution in [0.15, 0.2) is 29.6 Å². The summed E-state index contributed by atoms with van der Waals surface area (Å²) in [6, 6.07) is 6.40. The van der Waals surface area contributed by atoms with Crippen molar-refractivity contribution in [1.29, 1.82) is 0 Å². The van der Waals surface area contributed by atoms with Crippen molar-refractivity contribution in [3.8, 4) is 10.6 Å². The van der Waals surface area contributed by atoms with E-state index in [9.17, 15) is 4.39 Å². The van der Waals surface area contributed by atoms with Gasteiger partial charge in [-0.2, -0.15) is 0 Å². The highest BCUT2D eigenvalue weighted by Gasteiger charge is 2.03. The van der Waals surface area contributed by atoms with Crippen molar-refractivity contribution in [2.24, 2.45) is 0 Å². The van der Waals surface area contributed by atoms with Gasteiger partial charge in [-0.1, -0.05) is 0 Å². The molecule has 1 N–H and O–H groups in total. The first-order valence-electron chi connectivity index (χ1n) is 4.64. The third-order valence-corrected chi connectivity index (χ3v) is 2.94. The molecule has 0 amide bonds. The minimum atomic E-state index is -0.217. The van der Waals surface area contributed by atoms with Crippen LogP contribution in [-0.2, 0) is 6.54 Å². The number of hydrogen-bond acceptors (Lipinski definition) is 3. The normalized spacial score (nSPS) is 10.5. The Morgan fingerprint density at radius 1 is 1.33 bits per heavy atom. The summed E-state index contributed by atoms with van der Waals surface area (Å²) < 4.78 is 12.7. The zero-order valence-electron chi connectivity index (χ0n) is 8.33.